The number of hydrogen-bond acceptors (Lipinski definition) is 3. The van der Waals surface area contributed by atoms with Gasteiger partial charge in [0.2, 0.25) is 0 Å². The number of nitrogens with one attached hydrogen (secondary N) is 1. The molecule has 2 rings (SSSR count). The van der Waals surface area contributed by atoms with E-state index in [0.717, 1.165) is 0 Å². The topological polar surface area (TPSA) is 30.5 Å². The molecule has 1 heterocycles. The highest BCUT2D eigenvalue weighted by Crippen LogP contribution is 2.39. The van der Waals surface area contributed by atoms with Gasteiger partial charge in [-0.3, -0.25) is 0 Å². The molecule has 20 heavy (non-hydrogen) atoms. The number of benzene rings is 1. The second-order valence-corrected chi connectivity index (χ2v) is 5.19. The van der Waals surface area contributed by atoms with Gasteiger partial charge in [0.25, 0.3) is 0 Å². The van der Waals surface area contributed by atoms with E-state index in [-0.39, 0.29) is 5.56 Å². The van der Waals surface area contributed by atoms with Gasteiger partial charge in [-0.25, -0.2) is 8.78 Å². The summed E-state index contributed by atoms with van der Waals surface area (Å²) < 4.78 is 39.6. The molecule has 0 bridgehead atoms. The van der Waals surface area contributed by atoms with Gasteiger partial charge in [-0.1, -0.05) is 6.07 Å². The van der Waals surface area contributed by atoms with Crippen LogP contribution in [0.1, 0.15) is 30.0 Å². The molecule has 3 nitrogen and oxygen atoms in total. The monoisotopic (exact) mass is 285 g/mol. The van der Waals surface area contributed by atoms with Gasteiger partial charge in [-0.05, 0) is 25.6 Å². The summed E-state index contributed by atoms with van der Waals surface area (Å²) in [5, 5.41) is 3.03. The Labute approximate surface area is 118 Å². The first kappa shape index (κ1) is 15.4. The average molecular weight is 285 g/mol. The number of halogens is 2. The first-order valence-electron chi connectivity index (χ1n) is 6.80. The second-order valence-electron chi connectivity index (χ2n) is 5.19. The van der Waals surface area contributed by atoms with E-state index in [4.69, 9.17) is 9.47 Å². The van der Waals surface area contributed by atoms with E-state index >= 15 is 0 Å². The van der Waals surface area contributed by atoms with Crippen molar-refractivity contribution < 1.29 is 18.3 Å². The number of aryl methyl sites for hydroxylation is 1. The maximum Gasteiger partial charge on any atom is 0.133 e. The third kappa shape index (κ3) is 2.57. The molecule has 1 unspecified atom stereocenters. The molecule has 112 valence electrons. The van der Waals surface area contributed by atoms with Gasteiger partial charge < -0.3 is 14.8 Å². The molecule has 1 N–H and O–H groups in total. The largest absolute Gasteiger partial charge is 0.381 e. The first-order valence-corrected chi connectivity index (χ1v) is 6.80. The molecule has 1 fully saturated rings. The maximum absolute atomic E-state index is 14.4. The van der Waals surface area contributed by atoms with Gasteiger partial charge in [0.15, 0.2) is 0 Å². The molecule has 0 saturated carbocycles. The van der Waals surface area contributed by atoms with Crippen molar-refractivity contribution in [3.05, 3.63) is 34.9 Å². The number of methoxy groups -OCH3 is 1. The van der Waals surface area contributed by atoms with Crippen molar-refractivity contribution in [1.82, 2.24) is 5.32 Å². The van der Waals surface area contributed by atoms with E-state index < -0.39 is 23.3 Å². The minimum Gasteiger partial charge on any atom is -0.381 e. The summed E-state index contributed by atoms with van der Waals surface area (Å²) >= 11 is 0. The van der Waals surface area contributed by atoms with Crippen molar-refractivity contribution in [2.45, 2.75) is 31.4 Å². The van der Waals surface area contributed by atoms with Crippen molar-refractivity contribution in [1.29, 1.82) is 0 Å². The highest BCUT2D eigenvalue weighted by Gasteiger charge is 2.43. The zero-order valence-corrected chi connectivity index (χ0v) is 12.1. The van der Waals surface area contributed by atoms with Crippen LogP contribution in [0.15, 0.2) is 12.1 Å². The van der Waals surface area contributed by atoms with E-state index in [0.29, 0.717) is 31.6 Å². The molecule has 1 aliphatic rings. The predicted octanol–water partition coefficient (Wildman–Crippen LogP) is 2.73. The highest BCUT2D eigenvalue weighted by molar-refractivity contribution is 5.31. The molecule has 0 aliphatic carbocycles. The third-order valence-electron chi connectivity index (χ3n) is 4.17. The summed E-state index contributed by atoms with van der Waals surface area (Å²) in [6, 6.07) is 2.21. The number of ether oxygens (including phenoxy) is 2. The Morgan fingerprint density at radius 2 is 1.95 bits per heavy atom. The van der Waals surface area contributed by atoms with Crippen molar-refractivity contribution in [3.63, 3.8) is 0 Å². The molecular weight excluding hydrogens is 264 g/mol. The summed E-state index contributed by atoms with van der Waals surface area (Å²) in [4.78, 5) is 0. The highest BCUT2D eigenvalue weighted by atomic mass is 19.1. The standard InChI is InChI=1S/C15H21F2NO2/c1-10-4-5-11(16)12(13(10)17)14(18-2)15(19-3)6-8-20-9-7-15/h4-5,14,18H,6-9H2,1-3H3. The van der Waals surface area contributed by atoms with Gasteiger partial charge in [0.1, 0.15) is 11.6 Å². The van der Waals surface area contributed by atoms with Crippen LogP contribution in [0.4, 0.5) is 8.78 Å². The van der Waals surface area contributed by atoms with Crippen molar-refractivity contribution in [3.8, 4) is 0 Å². The Balaban J connectivity index is 2.49. The van der Waals surface area contributed by atoms with E-state index in [9.17, 15) is 8.78 Å². The smallest absolute Gasteiger partial charge is 0.133 e. The fraction of sp³-hybridized carbons (Fsp3) is 0.600. The van der Waals surface area contributed by atoms with Crippen LogP contribution in [-0.2, 0) is 9.47 Å². The molecular formula is C15H21F2NO2. The molecule has 1 atom stereocenters. The lowest BCUT2D eigenvalue weighted by molar-refractivity contribution is -0.111. The molecule has 1 aliphatic heterocycles. The van der Waals surface area contributed by atoms with E-state index in [1.54, 1.807) is 21.1 Å². The lowest BCUT2D eigenvalue weighted by Gasteiger charge is -2.42. The van der Waals surface area contributed by atoms with E-state index in [1.807, 2.05) is 0 Å². The van der Waals surface area contributed by atoms with Crippen LogP contribution >= 0.6 is 0 Å². The number of rotatable bonds is 4. The summed E-state index contributed by atoms with van der Waals surface area (Å²) in [6.07, 6.45) is 1.20. The fourth-order valence-corrected chi connectivity index (χ4v) is 2.94. The molecule has 0 amide bonds. The summed E-state index contributed by atoms with van der Waals surface area (Å²) in [5.74, 6) is -1.05. The van der Waals surface area contributed by atoms with Crippen molar-refractivity contribution in [2.75, 3.05) is 27.4 Å². The number of likely N-dealkylation sites (N-methyl/N-ethyl adjacent to an activating group) is 1. The van der Waals surface area contributed by atoms with Gasteiger partial charge in [-0.2, -0.15) is 0 Å². The fourth-order valence-electron chi connectivity index (χ4n) is 2.94. The molecule has 0 spiro atoms. The van der Waals surface area contributed by atoms with Gasteiger partial charge in [0, 0.05) is 38.7 Å². The minimum absolute atomic E-state index is 0.0521. The molecule has 1 aromatic carbocycles. The van der Waals surface area contributed by atoms with Crippen LogP contribution in [0, 0.1) is 18.6 Å². The zero-order chi connectivity index (χ0) is 14.8. The lowest BCUT2D eigenvalue weighted by Crippen LogP contribution is -2.49. The Morgan fingerprint density at radius 1 is 1.30 bits per heavy atom. The minimum atomic E-state index is -0.650. The Kier molecular flexibility index (Phi) is 4.73. The summed E-state index contributed by atoms with van der Waals surface area (Å²) in [6.45, 7) is 2.69. The normalized spacial score (nSPS) is 19.9. The third-order valence-corrected chi connectivity index (χ3v) is 4.17. The van der Waals surface area contributed by atoms with Crippen LogP contribution in [0.3, 0.4) is 0 Å². The van der Waals surface area contributed by atoms with E-state index in [1.165, 1.54) is 12.1 Å². The maximum atomic E-state index is 14.4. The quantitative estimate of drug-likeness (QED) is 0.922. The van der Waals surface area contributed by atoms with Crippen LogP contribution in [0.2, 0.25) is 0 Å². The SMILES string of the molecule is CNC(c1c(F)ccc(C)c1F)C1(OC)CCOCC1. The molecule has 0 aromatic heterocycles. The van der Waals surface area contributed by atoms with Crippen molar-refractivity contribution >= 4 is 0 Å². The lowest BCUT2D eigenvalue weighted by atomic mass is 9.81. The first-order chi connectivity index (χ1) is 9.55. The van der Waals surface area contributed by atoms with Crippen molar-refractivity contribution in [2.24, 2.45) is 0 Å². The predicted molar refractivity (Wildman–Crippen MR) is 72.7 cm³/mol. The second kappa shape index (κ2) is 6.16. The zero-order valence-electron chi connectivity index (χ0n) is 12.1. The molecule has 0 radical (unpaired) electrons. The van der Waals surface area contributed by atoms with Crippen LogP contribution in [0.25, 0.3) is 0 Å². The molecule has 5 heteroatoms. The van der Waals surface area contributed by atoms with Crippen LogP contribution in [0.5, 0.6) is 0 Å². The average Bonchev–Trinajstić information content (AvgIpc) is 2.48. The van der Waals surface area contributed by atoms with Crippen LogP contribution in [-0.4, -0.2) is 33.0 Å². The Hall–Kier alpha value is -1.04. The Morgan fingerprint density at radius 3 is 2.50 bits per heavy atom. The number of hydrogen-bond donors (Lipinski definition) is 1. The Bertz CT molecular complexity index is 473. The van der Waals surface area contributed by atoms with Crippen LogP contribution < -0.4 is 5.32 Å². The van der Waals surface area contributed by atoms with Gasteiger partial charge >= 0.3 is 0 Å². The van der Waals surface area contributed by atoms with E-state index in [2.05, 4.69) is 5.32 Å². The van der Waals surface area contributed by atoms with Gasteiger partial charge in [-0.15, -0.1) is 0 Å². The summed E-state index contributed by atoms with van der Waals surface area (Å²) in [7, 11) is 3.28. The summed E-state index contributed by atoms with van der Waals surface area (Å²) in [5.41, 5.74) is -0.168. The molecule has 1 saturated heterocycles. The van der Waals surface area contributed by atoms with Gasteiger partial charge in [0.05, 0.1) is 11.6 Å². The molecule has 1 aromatic rings.